The number of rotatable bonds is 5. The van der Waals surface area contributed by atoms with Gasteiger partial charge in [0.1, 0.15) is 11.8 Å². The van der Waals surface area contributed by atoms with E-state index in [9.17, 15) is 18.5 Å². The number of carbonyl (C=O) groups excluding carboxylic acids is 1. The van der Waals surface area contributed by atoms with Crippen molar-refractivity contribution in [1.82, 2.24) is 0 Å². The number of hydrogen-bond donors (Lipinski definition) is 0. The van der Waals surface area contributed by atoms with Gasteiger partial charge in [-0.05, 0) is 48.5 Å². The topological polar surface area (TPSA) is 109 Å². The molecular formula is C20H12ClN3O4S. The van der Waals surface area contributed by atoms with Gasteiger partial charge in [-0.25, -0.2) is 13.2 Å². The molecule has 0 saturated heterocycles. The lowest BCUT2D eigenvalue weighted by Gasteiger charge is -2.06. The molecule has 9 heteroatoms. The fourth-order valence-electron chi connectivity index (χ4n) is 2.30. The lowest BCUT2D eigenvalue weighted by Crippen LogP contribution is -2.09. The van der Waals surface area contributed by atoms with Crippen molar-refractivity contribution in [2.45, 2.75) is 4.90 Å². The number of benzene rings is 3. The highest BCUT2D eigenvalue weighted by molar-refractivity contribution is 8.13. The molecule has 0 amide bonds. The molecule has 0 aromatic heterocycles. The predicted molar refractivity (Wildman–Crippen MR) is 106 cm³/mol. The predicted octanol–water partition coefficient (Wildman–Crippen LogP) is 5.12. The summed E-state index contributed by atoms with van der Waals surface area (Å²) in [5.41, 5.74) is 1.04. The molecule has 0 N–H and O–H groups in total. The number of nitriles is 1. The number of esters is 1. The summed E-state index contributed by atoms with van der Waals surface area (Å²) in [6, 6.07) is 20.3. The number of nitrogens with zero attached hydrogens (tertiary/aromatic N) is 3. The van der Waals surface area contributed by atoms with Gasteiger partial charge in [0.15, 0.2) is 0 Å². The van der Waals surface area contributed by atoms with Crippen LogP contribution in [0.5, 0.6) is 5.75 Å². The maximum Gasteiger partial charge on any atom is 0.343 e. The molecular weight excluding hydrogens is 414 g/mol. The van der Waals surface area contributed by atoms with E-state index >= 15 is 0 Å². The van der Waals surface area contributed by atoms with E-state index in [4.69, 9.17) is 15.4 Å². The van der Waals surface area contributed by atoms with Crippen molar-refractivity contribution >= 4 is 37.1 Å². The first-order valence-electron chi connectivity index (χ1n) is 8.15. The molecule has 0 saturated carbocycles. The Hall–Kier alpha value is -3.54. The summed E-state index contributed by atoms with van der Waals surface area (Å²) < 4.78 is 28.1. The zero-order chi connectivity index (χ0) is 20.9. The fourth-order valence-corrected chi connectivity index (χ4v) is 3.09. The summed E-state index contributed by atoms with van der Waals surface area (Å²) in [6.45, 7) is 0. The molecule has 3 aromatic carbocycles. The second-order valence-electron chi connectivity index (χ2n) is 5.68. The quantitative estimate of drug-likeness (QED) is 0.244. The van der Waals surface area contributed by atoms with E-state index in [1.165, 1.54) is 36.4 Å². The van der Waals surface area contributed by atoms with Gasteiger partial charge >= 0.3 is 5.97 Å². The molecule has 3 rings (SSSR count). The Kier molecular flexibility index (Phi) is 6.02. The van der Waals surface area contributed by atoms with Gasteiger partial charge in [0.25, 0.3) is 9.05 Å². The Bertz CT molecular complexity index is 1240. The minimum atomic E-state index is -3.88. The molecule has 7 nitrogen and oxygen atoms in total. The summed E-state index contributed by atoms with van der Waals surface area (Å²) >= 11 is 0. The number of ether oxygens (including phenoxy) is 1. The van der Waals surface area contributed by atoms with Crippen LogP contribution in [0.3, 0.4) is 0 Å². The third-order valence-electron chi connectivity index (χ3n) is 3.68. The first-order chi connectivity index (χ1) is 13.9. The summed E-state index contributed by atoms with van der Waals surface area (Å²) in [7, 11) is 1.43. The molecule has 0 fully saturated rings. The normalized spacial score (nSPS) is 11.2. The van der Waals surface area contributed by atoms with Crippen molar-refractivity contribution in [3.8, 4) is 11.8 Å². The molecule has 0 heterocycles. The zero-order valence-electron chi connectivity index (χ0n) is 14.7. The third kappa shape index (κ3) is 5.25. The van der Waals surface area contributed by atoms with Crippen molar-refractivity contribution in [3.05, 3.63) is 83.9 Å². The molecule has 144 valence electrons. The smallest absolute Gasteiger partial charge is 0.343 e. The standard InChI is InChI=1S/C20H12ClN3O4S/c21-29(26,27)18-8-4-7-16(12-18)23-24-17-9-10-19(15(11-17)13-22)28-20(25)14-5-2-1-3-6-14/h1-12H/b24-23+. The van der Waals surface area contributed by atoms with Crippen LogP contribution in [0.25, 0.3) is 0 Å². The average Bonchev–Trinajstić information content (AvgIpc) is 2.73. The first kappa shape index (κ1) is 20.2. The van der Waals surface area contributed by atoms with E-state index in [-0.39, 0.29) is 21.9 Å². The van der Waals surface area contributed by atoms with Gasteiger partial charge in [0, 0.05) is 10.7 Å². The molecule has 0 spiro atoms. The van der Waals surface area contributed by atoms with Crippen LogP contribution in [0.15, 0.2) is 87.9 Å². The van der Waals surface area contributed by atoms with Crippen molar-refractivity contribution in [2.75, 3.05) is 0 Å². The fraction of sp³-hybridized carbons (Fsp3) is 0. The minimum Gasteiger partial charge on any atom is -0.422 e. The Morgan fingerprint density at radius 1 is 0.931 bits per heavy atom. The lowest BCUT2D eigenvalue weighted by molar-refractivity contribution is 0.0734. The van der Waals surface area contributed by atoms with Gasteiger partial charge in [0.05, 0.1) is 27.4 Å². The number of carbonyl (C=O) groups is 1. The molecule has 3 aromatic rings. The SMILES string of the molecule is N#Cc1cc(/N=N/c2cccc(S(=O)(=O)Cl)c2)ccc1OC(=O)c1ccccc1. The van der Waals surface area contributed by atoms with Crippen LogP contribution >= 0.6 is 10.7 Å². The van der Waals surface area contributed by atoms with E-state index in [1.807, 2.05) is 6.07 Å². The Labute approximate surface area is 171 Å². The van der Waals surface area contributed by atoms with Gasteiger partial charge in [-0.15, -0.1) is 0 Å². The molecule has 0 radical (unpaired) electrons. The Morgan fingerprint density at radius 2 is 1.62 bits per heavy atom. The number of halogens is 1. The Balaban J connectivity index is 1.81. The zero-order valence-corrected chi connectivity index (χ0v) is 16.3. The second kappa shape index (κ2) is 8.65. The van der Waals surface area contributed by atoms with E-state index in [0.29, 0.717) is 11.3 Å². The van der Waals surface area contributed by atoms with Crippen LogP contribution in [0.2, 0.25) is 0 Å². The van der Waals surface area contributed by atoms with E-state index < -0.39 is 15.0 Å². The van der Waals surface area contributed by atoms with Crippen LogP contribution in [0.1, 0.15) is 15.9 Å². The van der Waals surface area contributed by atoms with Gasteiger partial charge in [-0.2, -0.15) is 15.5 Å². The van der Waals surface area contributed by atoms with E-state index in [0.717, 1.165) is 0 Å². The average molecular weight is 426 g/mol. The number of hydrogen-bond acceptors (Lipinski definition) is 7. The van der Waals surface area contributed by atoms with Crippen LogP contribution in [-0.2, 0) is 9.05 Å². The second-order valence-corrected chi connectivity index (χ2v) is 8.25. The molecule has 0 aliphatic heterocycles. The van der Waals surface area contributed by atoms with Crippen LogP contribution in [-0.4, -0.2) is 14.4 Å². The van der Waals surface area contributed by atoms with E-state index in [1.54, 1.807) is 36.4 Å². The van der Waals surface area contributed by atoms with E-state index in [2.05, 4.69) is 10.2 Å². The van der Waals surface area contributed by atoms with Gasteiger partial charge in [0.2, 0.25) is 0 Å². The summed E-state index contributed by atoms with van der Waals surface area (Å²) in [5, 5.41) is 17.3. The maximum absolute atomic E-state index is 12.2. The maximum atomic E-state index is 12.2. The summed E-state index contributed by atoms with van der Waals surface area (Å²) in [4.78, 5) is 12.1. The third-order valence-corrected chi connectivity index (χ3v) is 5.03. The lowest BCUT2D eigenvalue weighted by atomic mass is 10.2. The van der Waals surface area contributed by atoms with Gasteiger partial charge in [-0.1, -0.05) is 24.3 Å². The largest absolute Gasteiger partial charge is 0.422 e. The minimum absolute atomic E-state index is 0.0931. The van der Waals surface area contributed by atoms with Crippen molar-refractivity contribution in [1.29, 1.82) is 5.26 Å². The van der Waals surface area contributed by atoms with Gasteiger partial charge in [-0.3, -0.25) is 0 Å². The van der Waals surface area contributed by atoms with Crippen molar-refractivity contribution in [3.63, 3.8) is 0 Å². The molecule has 0 atom stereocenters. The first-order valence-corrected chi connectivity index (χ1v) is 10.5. The van der Waals surface area contributed by atoms with Crippen LogP contribution in [0.4, 0.5) is 11.4 Å². The van der Waals surface area contributed by atoms with Crippen molar-refractivity contribution < 1.29 is 17.9 Å². The molecule has 0 bridgehead atoms. The highest BCUT2D eigenvalue weighted by atomic mass is 35.7. The monoisotopic (exact) mass is 425 g/mol. The summed E-state index contributed by atoms with van der Waals surface area (Å²) in [6.07, 6.45) is 0. The van der Waals surface area contributed by atoms with Crippen LogP contribution in [0, 0.1) is 11.3 Å². The number of azo groups is 1. The molecule has 0 unspecified atom stereocenters. The highest BCUT2D eigenvalue weighted by Gasteiger charge is 2.12. The summed E-state index contributed by atoms with van der Waals surface area (Å²) in [5.74, 6) is -0.494. The van der Waals surface area contributed by atoms with Crippen molar-refractivity contribution in [2.24, 2.45) is 10.2 Å². The molecule has 0 aliphatic rings. The van der Waals surface area contributed by atoms with Crippen LogP contribution < -0.4 is 4.74 Å². The molecule has 0 aliphatic carbocycles. The van der Waals surface area contributed by atoms with Gasteiger partial charge < -0.3 is 4.74 Å². The Morgan fingerprint density at radius 3 is 2.28 bits per heavy atom. The highest BCUT2D eigenvalue weighted by Crippen LogP contribution is 2.27. The molecule has 29 heavy (non-hydrogen) atoms.